The molecule has 0 saturated heterocycles. The quantitative estimate of drug-likeness (QED) is 0.753. The molecule has 0 aliphatic rings. The first-order valence-corrected chi connectivity index (χ1v) is 8.32. The summed E-state index contributed by atoms with van der Waals surface area (Å²) in [5.41, 5.74) is 2.02. The zero-order valence-electron chi connectivity index (χ0n) is 15.0. The summed E-state index contributed by atoms with van der Waals surface area (Å²) in [5.74, 6) is 0.115. The molecule has 0 atom stereocenters. The van der Waals surface area contributed by atoms with Crippen molar-refractivity contribution in [3.05, 3.63) is 84.2 Å². The van der Waals surface area contributed by atoms with Gasteiger partial charge in [-0.15, -0.1) is 0 Å². The van der Waals surface area contributed by atoms with Crippen LogP contribution >= 0.6 is 0 Å². The highest BCUT2D eigenvalue weighted by molar-refractivity contribution is 6.09. The molecule has 1 N–H and O–H groups in total. The minimum atomic E-state index is -0.343. The summed E-state index contributed by atoms with van der Waals surface area (Å²) >= 11 is 0. The number of nitrogens with zero attached hydrogens (tertiary/aromatic N) is 2. The van der Waals surface area contributed by atoms with Crippen molar-refractivity contribution < 1.29 is 14.3 Å². The van der Waals surface area contributed by atoms with Crippen LogP contribution < -0.4 is 15.0 Å². The zero-order valence-corrected chi connectivity index (χ0v) is 15.0. The molecule has 2 amide bonds. The van der Waals surface area contributed by atoms with Crippen molar-refractivity contribution in [1.29, 1.82) is 0 Å². The number of carbonyl (C=O) groups excluding carboxylic acids is 2. The van der Waals surface area contributed by atoms with Crippen molar-refractivity contribution in [3.63, 3.8) is 0 Å². The van der Waals surface area contributed by atoms with E-state index in [0.29, 0.717) is 22.6 Å². The summed E-state index contributed by atoms with van der Waals surface area (Å²) in [6.45, 7) is 0. The van der Waals surface area contributed by atoms with Crippen molar-refractivity contribution >= 4 is 23.2 Å². The van der Waals surface area contributed by atoms with E-state index in [9.17, 15) is 9.59 Å². The van der Waals surface area contributed by atoms with Crippen molar-refractivity contribution in [1.82, 2.24) is 4.98 Å². The fraction of sp³-hybridized carbons (Fsp3) is 0.0952. The molecule has 6 heteroatoms. The third-order valence-electron chi connectivity index (χ3n) is 4.04. The van der Waals surface area contributed by atoms with Gasteiger partial charge in [0.25, 0.3) is 11.8 Å². The molecule has 0 saturated carbocycles. The molecule has 27 heavy (non-hydrogen) atoms. The van der Waals surface area contributed by atoms with Gasteiger partial charge in [-0.3, -0.25) is 14.6 Å². The van der Waals surface area contributed by atoms with Gasteiger partial charge in [-0.2, -0.15) is 0 Å². The second-order valence-electron chi connectivity index (χ2n) is 5.84. The van der Waals surface area contributed by atoms with E-state index >= 15 is 0 Å². The molecule has 3 rings (SSSR count). The maximum Gasteiger partial charge on any atom is 0.259 e. The maximum atomic E-state index is 12.7. The molecule has 0 fully saturated rings. The molecule has 3 aromatic rings. The Kier molecular flexibility index (Phi) is 5.47. The van der Waals surface area contributed by atoms with E-state index in [1.165, 1.54) is 23.4 Å². The largest absolute Gasteiger partial charge is 0.497 e. The number of aromatic nitrogens is 1. The monoisotopic (exact) mass is 361 g/mol. The Morgan fingerprint density at radius 1 is 0.963 bits per heavy atom. The standard InChI is InChI=1S/C21H19N3O3/c1-24(18-6-4-3-5-7-18)21(26)16-12-15(13-22-14-16)20(25)23-17-8-10-19(27-2)11-9-17/h3-14H,1-2H3,(H,23,25). The summed E-state index contributed by atoms with van der Waals surface area (Å²) in [4.78, 5) is 30.7. The Hall–Kier alpha value is -3.67. The lowest BCUT2D eigenvalue weighted by atomic mass is 10.1. The normalized spacial score (nSPS) is 10.1. The first kappa shape index (κ1) is 18.1. The lowest BCUT2D eigenvalue weighted by molar-refractivity contribution is 0.0992. The first-order chi connectivity index (χ1) is 13.1. The van der Waals surface area contributed by atoms with Crippen LogP contribution in [0, 0.1) is 0 Å². The Balaban J connectivity index is 1.76. The fourth-order valence-corrected chi connectivity index (χ4v) is 2.52. The van der Waals surface area contributed by atoms with E-state index in [1.54, 1.807) is 38.4 Å². The summed E-state index contributed by atoms with van der Waals surface area (Å²) < 4.78 is 5.09. The van der Waals surface area contributed by atoms with Crippen LogP contribution in [0.4, 0.5) is 11.4 Å². The molecule has 0 aliphatic carbocycles. The molecule has 0 bridgehead atoms. The molecule has 0 spiro atoms. The molecule has 1 heterocycles. The Morgan fingerprint density at radius 3 is 2.30 bits per heavy atom. The highest BCUT2D eigenvalue weighted by Crippen LogP contribution is 2.17. The number of amides is 2. The minimum absolute atomic E-state index is 0.243. The Morgan fingerprint density at radius 2 is 1.63 bits per heavy atom. The van der Waals surface area contributed by atoms with Gasteiger partial charge in [0, 0.05) is 30.8 Å². The van der Waals surface area contributed by atoms with Gasteiger partial charge < -0.3 is 15.0 Å². The van der Waals surface area contributed by atoms with Gasteiger partial charge in [-0.25, -0.2) is 0 Å². The molecule has 136 valence electrons. The average Bonchev–Trinajstić information content (AvgIpc) is 2.74. The number of benzene rings is 2. The van der Waals surface area contributed by atoms with E-state index in [-0.39, 0.29) is 11.8 Å². The number of pyridine rings is 1. The van der Waals surface area contributed by atoms with Crippen molar-refractivity contribution in [2.45, 2.75) is 0 Å². The van der Waals surface area contributed by atoms with Crippen LogP contribution in [0.3, 0.4) is 0 Å². The third-order valence-corrected chi connectivity index (χ3v) is 4.04. The van der Waals surface area contributed by atoms with E-state index in [0.717, 1.165) is 5.69 Å². The van der Waals surface area contributed by atoms with Crippen molar-refractivity contribution in [2.24, 2.45) is 0 Å². The van der Waals surface area contributed by atoms with Gasteiger partial charge in [0.15, 0.2) is 0 Å². The fourth-order valence-electron chi connectivity index (χ4n) is 2.52. The lowest BCUT2D eigenvalue weighted by Crippen LogP contribution is -2.26. The van der Waals surface area contributed by atoms with E-state index in [1.807, 2.05) is 30.3 Å². The van der Waals surface area contributed by atoms with Crippen LogP contribution in [0.1, 0.15) is 20.7 Å². The number of nitrogens with one attached hydrogen (secondary N) is 1. The summed E-state index contributed by atoms with van der Waals surface area (Å²) in [5, 5.41) is 2.78. The number of anilines is 2. The summed E-state index contributed by atoms with van der Waals surface area (Å²) in [7, 11) is 3.26. The Labute approximate surface area is 157 Å². The molecule has 1 aromatic heterocycles. The second-order valence-corrected chi connectivity index (χ2v) is 5.84. The van der Waals surface area contributed by atoms with Gasteiger partial charge in [-0.05, 0) is 42.5 Å². The van der Waals surface area contributed by atoms with Crippen LogP contribution in [-0.4, -0.2) is 31.0 Å². The Bertz CT molecular complexity index is 940. The van der Waals surface area contributed by atoms with E-state index in [2.05, 4.69) is 10.3 Å². The van der Waals surface area contributed by atoms with Crippen LogP contribution in [0.5, 0.6) is 5.75 Å². The third kappa shape index (κ3) is 4.30. The van der Waals surface area contributed by atoms with Gasteiger partial charge in [-0.1, -0.05) is 18.2 Å². The van der Waals surface area contributed by atoms with Crippen LogP contribution in [0.15, 0.2) is 73.1 Å². The number of hydrogen-bond acceptors (Lipinski definition) is 4. The predicted octanol–water partition coefficient (Wildman–Crippen LogP) is 3.62. The van der Waals surface area contributed by atoms with E-state index in [4.69, 9.17) is 4.74 Å². The van der Waals surface area contributed by atoms with Crippen LogP contribution in [-0.2, 0) is 0 Å². The van der Waals surface area contributed by atoms with Crippen molar-refractivity contribution in [3.8, 4) is 5.75 Å². The minimum Gasteiger partial charge on any atom is -0.497 e. The van der Waals surface area contributed by atoms with Gasteiger partial charge in [0.05, 0.1) is 18.2 Å². The number of rotatable bonds is 5. The molecule has 0 radical (unpaired) electrons. The number of carbonyl (C=O) groups is 2. The van der Waals surface area contributed by atoms with Crippen LogP contribution in [0.25, 0.3) is 0 Å². The smallest absolute Gasteiger partial charge is 0.259 e. The SMILES string of the molecule is COc1ccc(NC(=O)c2cncc(C(=O)N(C)c3ccccc3)c2)cc1. The van der Waals surface area contributed by atoms with Gasteiger partial charge >= 0.3 is 0 Å². The summed E-state index contributed by atoms with van der Waals surface area (Å²) in [6.07, 6.45) is 2.88. The number of hydrogen-bond donors (Lipinski definition) is 1. The highest BCUT2D eigenvalue weighted by Gasteiger charge is 2.16. The molecular formula is C21H19N3O3. The van der Waals surface area contributed by atoms with Crippen molar-refractivity contribution in [2.75, 3.05) is 24.4 Å². The maximum absolute atomic E-state index is 12.7. The van der Waals surface area contributed by atoms with Crippen LogP contribution in [0.2, 0.25) is 0 Å². The summed E-state index contributed by atoms with van der Waals surface area (Å²) in [6, 6.07) is 17.8. The lowest BCUT2D eigenvalue weighted by Gasteiger charge is -2.17. The van der Waals surface area contributed by atoms with Gasteiger partial charge in [0.2, 0.25) is 0 Å². The second kappa shape index (κ2) is 8.14. The average molecular weight is 361 g/mol. The topological polar surface area (TPSA) is 71.5 Å². The molecule has 2 aromatic carbocycles. The number of para-hydroxylation sites is 1. The number of ether oxygens (including phenoxy) is 1. The molecular weight excluding hydrogens is 342 g/mol. The first-order valence-electron chi connectivity index (χ1n) is 8.32. The zero-order chi connectivity index (χ0) is 19.2. The van der Waals surface area contributed by atoms with Gasteiger partial charge in [0.1, 0.15) is 5.75 Å². The molecule has 0 aliphatic heterocycles. The molecule has 0 unspecified atom stereocenters. The molecule has 6 nitrogen and oxygen atoms in total. The highest BCUT2D eigenvalue weighted by atomic mass is 16.5. The number of methoxy groups -OCH3 is 1. The predicted molar refractivity (Wildman–Crippen MR) is 104 cm³/mol. The van der Waals surface area contributed by atoms with E-state index < -0.39 is 0 Å².